The van der Waals surface area contributed by atoms with Gasteiger partial charge in [0.1, 0.15) is 11.9 Å². The molecule has 2 rings (SSSR count). The number of aliphatic hydroxyl groups excluding tert-OH is 1. The van der Waals surface area contributed by atoms with Gasteiger partial charge in [-0.15, -0.1) is 0 Å². The van der Waals surface area contributed by atoms with Crippen LogP contribution in [-0.4, -0.2) is 5.11 Å². The summed E-state index contributed by atoms with van der Waals surface area (Å²) in [7, 11) is 0. The van der Waals surface area contributed by atoms with Crippen LogP contribution in [0.4, 0.5) is 4.39 Å². The van der Waals surface area contributed by atoms with Gasteiger partial charge in [0.15, 0.2) is 0 Å². The van der Waals surface area contributed by atoms with E-state index in [9.17, 15) is 9.50 Å². The molecule has 0 bridgehead atoms. The van der Waals surface area contributed by atoms with Crippen molar-refractivity contribution < 1.29 is 9.50 Å². The average Bonchev–Trinajstić information content (AvgIpc) is 2.36. The van der Waals surface area contributed by atoms with Crippen molar-refractivity contribution in [1.82, 2.24) is 0 Å². The van der Waals surface area contributed by atoms with Crippen molar-refractivity contribution in [3.05, 3.63) is 70.0 Å². The number of hydrogen-bond acceptors (Lipinski definition) is 1. The van der Waals surface area contributed by atoms with Crippen LogP contribution in [0.1, 0.15) is 22.8 Å². The molecule has 0 amide bonds. The van der Waals surface area contributed by atoms with Crippen molar-refractivity contribution in [2.75, 3.05) is 0 Å². The second-order valence-corrected chi connectivity index (χ2v) is 4.30. The highest BCUT2D eigenvalue weighted by Gasteiger charge is 2.16. The third-order valence-electron chi connectivity index (χ3n) is 2.79. The first kappa shape index (κ1) is 12.1. The van der Waals surface area contributed by atoms with Crippen LogP contribution in [0.2, 0.25) is 5.02 Å². The Morgan fingerprint density at radius 3 is 2.41 bits per heavy atom. The van der Waals surface area contributed by atoms with Crippen LogP contribution in [0.5, 0.6) is 0 Å². The zero-order valence-corrected chi connectivity index (χ0v) is 10.1. The van der Waals surface area contributed by atoms with Crippen LogP contribution < -0.4 is 0 Å². The molecule has 0 aromatic heterocycles. The molecule has 0 aliphatic rings. The Balaban J connectivity index is 2.45. The molecule has 0 aliphatic heterocycles. The molecule has 0 radical (unpaired) electrons. The van der Waals surface area contributed by atoms with Crippen molar-refractivity contribution in [2.24, 2.45) is 0 Å². The average molecular weight is 251 g/mol. The molecular weight excluding hydrogens is 239 g/mol. The maximum absolute atomic E-state index is 13.6. The Kier molecular flexibility index (Phi) is 3.46. The summed E-state index contributed by atoms with van der Waals surface area (Å²) in [6, 6.07) is 12.3. The first-order valence-corrected chi connectivity index (χ1v) is 5.66. The summed E-state index contributed by atoms with van der Waals surface area (Å²) in [5.41, 5.74) is 1.66. The lowest BCUT2D eigenvalue weighted by Crippen LogP contribution is -2.03. The summed E-state index contributed by atoms with van der Waals surface area (Å²) in [6.07, 6.45) is -0.831. The van der Waals surface area contributed by atoms with Crippen LogP contribution in [-0.2, 0) is 0 Å². The van der Waals surface area contributed by atoms with Gasteiger partial charge >= 0.3 is 0 Å². The minimum atomic E-state index is -0.831. The molecular formula is C14H12ClFO. The second-order valence-electron chi connectivity index (χ2n) is 3.89. The normalized spacial score (nSPS) is 12.5. The number of hydrogen-bond donors (Lipinski definition) is 1. The van der Waals surface area contributed by atoms with Crippen LogP contribution >= 0.6 is 11.6 Å². The summed E-state index contributed by atoms with van der Waals surface area (Å²) in [4.78, 5) is 0. The predicted molar refractivity (Wildman–Crippen MR) is 66.7 cm³/mol. The van der Waals surface area contributed by atoms with E-state index in [2.05, 4.69) is 0 Å². The smallest absolute Gasteiger partial charge is 0.145 e. The van der Waals surface area contributed by atoms with Gasteiger partial charge in [-0.1, -0.05) is 48.0 Å². The van der Waals surface area contributed by atoms with E-state index in [0.717, 1.165) is 5.56 Å². The zero-order chi connectivity index (χ0) is 12.4. The highest BCUT2D eigenvalue weighted by atomic mass is 35.5. The van der Waals surface area contributed by atoms with Crippen molar-refractivity contribution in [3.8, 4) is 0 Å². The van der Waals surface area contributed by atoms with Crippen LogP contribution in [0.15, 0.2) is 42.5 Å². The summed E-state index contributed by atoms with van der Waals surface area (Å²) < 4.78 is 13.6. The van der Waals surface area contributed by atoms with Crippen molar-refractivity contribution in [2.45, 2.75) is 13.0 Å². The lowest BCUT2D eigenvalue weighted by atomic mass is 9.97. The second kappa shape index (κ2) is 4.86. The Morgan fingerprint density at radius 1 is 1.12 bits per heavy atom. The minimum Gasteiger partial charge on any atom is -0.384 e. The molecule has 2 aromatic rings. The van der Waals surface area contributed by atoms with Gasteiger partial charge in [0, 0.05) is 0 Å². The van der Waals surface area contributed by atoms with Gasteiger partial charge in [-0.25, -0.2) is 4.39 Å². The standard InChI is InChI=1S/C14H12ClFO/c1-9-11(7-8-12(15)13(9)16)14(17)10-5-3-2-4-6-10/h2-8,14,17H,1H3. The zero-order valence-electron chi connectivity index (χ0n) is 9.32. The number of aliphatic hydroxyl groups is 1. The molecule has 0 saturated heterocycles. The molecule has 3 heteroatoms. The quantitative estimate of drug-likeness (QED) is 0.858. The fraction of sp³-hybridized carbons (Fsp3) is 0.143. The third-order valence-corrected chi connectivity index (χ3v) is 3.08. The monoisotopic (exact) mass is 250 g/mol. The molecule has 0 spiro atoms. The fourth-order valence-corrected chi connectivity index (χ4v) is 1.98. The number of halogens is 2. The summed E-state index contributed by atoms with van der Waals surface area (Å²) in [5.74, 6) is -0.473. The largest absolute Gasteiger partial charge is 0.384 e. The molecule has 1 atom stereocenters. The van der Waals surface area contributed by atoms with E-state index < -0.39 is 11.9 Å². The maximum atomic E-state index is 13.6. The summed E-state index contributed by atoms with van der Waals surface area (Å²) >= 11 is 5.68. The molecule has 1 N–H and O–H groups in total. The topological polar surface area (TPSA) is 20.2 Å². The highest BCUT2D eigenvalue weighted by molar-refractivity contribution is 6.30. The lowest BCUT2D eigenvalue weighted by Gasteiger charge is -2.15. The first-order chi connectivity index (χ1) is 8.11. The highest BCUT2D eigenvalue weighted by Crippen LogP contribution is 2.29. The summed E-state index contributed by atoms with van der Waals surface area (Å²) in [6.45, 7) is 1.61. The molecule has 0 fully saturated rings. The summed E-state index contributed by atoms with van der Waals surface area (Å²) in [5, 5.41) is 10.3. The van der Waals surface area contributed by atoms with E-state index in [1.54, 1.807) is 25.1 Å². The Bertz CT molecular complexity index is 525. The molecule has 1 nitrogen and oxygen atoms in total. The van der Waals surface area contributed by atoms with Gasteiger partial charge in [0.05, 0.1) is 5.02 Å². The van der Waals surface area contributed by atoms with Crippen molar-refractivity contribution >= 4 is 11.6 Å². The molecule has 1 unspecified atom stereocenters. The van der Waals surface area contributed by atoms with Gasteiger partial charge in [-0.05, 0) is 29.7 Å². The third kappa shape index (κ3) is 2.33. The van der Waals surface area contributed by atoms with E-state index in [1.165, 1.54) is 6.07 Å². The van der Waals surface area contributed by atoms with Gasteiger partial charge in [-0.2, -0.15) is 0 Å². The Labute approximate surface area is 104 Å². The minimum absolute atomic E-state index is 0.0755. The van der Waals surface area contributed by atoms with E-state index in [0.29, 0.717) is 11.1 Å². The molecule has 0 aliphatic carbocycles. The molecule has 88 valence electrons. The van der Waals surface area contributed by atoms with E-state index in [4.69, 9.17) is 11.6 Å². The molecule has 0 saturated carbocycles. The van der Waals surface area contributed by atoms with Gasteiger partial charge in [0.2, 0.25) is 0 Å². The van der Waals surface area contributed by atoms with Crippen molar-refractivity contribution in [3.63, 3.8) is 0 Å². The van der Waals surface area contributed by atoms with Gasteiger partial charge < -0.3 is 5.11 Å². The molecule has 2 aromatic carbocycles. The van der Waals surface area contributed by atoms with Crippen molar-refractivity contribution in [1.29, 1.82) is 0 Å². The van der Waals surface area contributed by atoms with Gasteiger partial charge in [0.25, 0.3) is 0 Å². The maximum Gasteiger partial charge on any atom is 0.145 e. The molecule has 0 heterocycles. The van der Waals surface area contributed by atoms with Crippen LogP contribution in [0.3, 0.4) is 0 Å². The fourth-order valence-electron chi connectivity index (χ4n) is 1.78. The van der Waals surface area contributed by atoms with E-state index in [-0.39, 0.29) is 5.02 Å². The van der Waals surface area contributed by atoms with Gasteiger partial charge in [-0.3, -0.25) is 0 Å². The van der Waals surface area contributed by atoms with E-state index in [1.807, 2.05) is 18.2 Å². The van der Waals surface area contributed by atoms with E-state index >= 15 is 0 Å². The Hall–Kier alpha value is -1.38. The molecule has 17 heavy (non-hydrogen) atoms. The first-order valence-electron chi connectivity index (χ1n) is 5.28. The Morgan fingerprint density at radius 2 is 1.76 bits per heavy atom. The predicted octanol–water partition coefficient (Wildman–Crippen LogP) is 3.87. The van der Waals surface area contributed by atoms with Crippen LogP contribution in [0, 0.1) is 12.7 Å². The number of rotatable bonds is 2. The SMILES string of the molecule is Cc1c(C(O)c2ccccc2)ccc(Cl)c1F. The lowest BCUT2D eigenvalue weighted by molar-refractivity contribution is 0.219. The number of benzene rings is 2. The van der Waals surface area contributed by atoms with Crippen LogP contribution in [0.25, 0.3) is 0 Å².